The van der Waals surface area contributed by atoms with Crippen molar-refractivity contribution in [3.8, 4) is 0 Å². The standard InChI is InChI=1S/C13H16ClNO2/c1-13(8-17-9-13)7-15-12(16)11-4-2-3-10(5-11)6-14/h2-5H,6-9H2,1H3,(H,15,16). The predicted molar refractivity (Wildman–Crippen MR) is 67.3 cm³/mol. The minimum Gasteiger partial charge on any atom is -0.380 e. The number of hydrogen-bond donors (Lipinski definition) is 1. The fraction of sp³-hybridized carbons (Fsp3) is 0.462. The number of amides is 1. The van der Waals surface area contributed by atoms with Crippen molar-refractivity contribution in [1.82, 2.24) is 5.32 Å². The van der Waals surface area contributed by atoms with Crippen molar-refractivity contribution in [2.75, 3.05) is 19.8 Å². The summed E-state index contributed by atoms with van der Waals surface area (Å²) < 4.78 is 5.14. The van der Waals surface area contributed by atoms with Gasteiger partial charge in [-0.3, -0.25) is 4.79 Å². The number of nitrogens with one attached hydrogen (secondary N) is 1. The van der Waals surface area contributed by atoms with Gasteiger partial charge >= 0.3 is 0 Å². The zero-order valence-corrected chi connectivity index (χ0v) is 10.6. The highest BCUT2D eigenvalue weighted by Gasteiger charge is 2.33. The van der Waals surface area contributed by atoms with Crippen molar-refractivity contribution in [1.29, 1.82) is 0 Å². The van der Waals surface area contributed by atoms with Crippen LogP contribution in [-0.2, 0) is 10.6 Å². The Morgan fingerprint density at radius 2 is 2.29 bits per heavy atom. The molecule has 0 aromatic heterocycles. The number of rotatable bonds is 4. The van der Waals surface area contributed by atoms with Crippen LogP contribution in [0.2, 0.25) is 0 Å². The highest BCUT2D eigenvalue weighted by molar-refractivity contribution is 6.17. The van der Waals surface area contributed by atoms with Crippen LogP contribution in [0.4, 0.5) is 0 Å². The second-order valence-electron chi connectivity index (χ2n) is 4.82. The van der Waals surface area contributed by atoms with E-state index in [4.69, 9.17) is 16.3 Å². The first-order valence-electron chi connectivity index (χ1n) is 5.64. The van der Waals surface area contributed by atoms with Gasteiger partial charge in [-0.05, 0) is 17.7 Å². The molecule has 1 aromatic rings. The number of carbonyl (C=O) groups is 1. The Bertz CT molecular complexity index is 416. The van der Waals surface area contributed by atoms with Gasteiger partial charge in [0.1, 0.15) is 0 Å². The van der Waals surface area contributed by atoms with Crippen molar-refractivity contribution >= 4 is 17.5 Å². The maximum absolute atomic E-state index is 11.9. The molecule has 0 bridgehead atoms. The van der Waals surface area contributed by atoms with Crippen LogP contribution in [0.1, 0.15) is 22.8 Å². The molecule has 3 nitrogen and oxygen atoms in total. The molecule has 0 spiro atoms. The van der Waals surface area contributed by atoms with Gasteiger partial charge in [-0.15, -0.1) is 11.6 Å². The molecule has 0 unspecified atom stereocenters. The number of carbonyl (C=O) groups excluding carboxylic acids is 1. The van der Waals surface area contributed by atoms with Gasteiger partial charge in [-0.25, -0.2) is 0 Å². The van der Waals surface area contributed by atoms with Crippen LogP contribution in [0.3, 0.4) is 0 Å². The van der Waals surface area contributed by atoms with Crippen LogP contribution in [0.15, 0.2) is 24.3 Å². The smallest absolute Gasteiger partial charge is 0.251 e. The molecule has 1 saturated heterocycles. The van der Waals surface area contributed by atoms with E-state index in [1.54, 1.807) is 6.07 Å². The van der Waals surface area contributed by atoms with Gasteiger partial charge in [0.2, 0.25) is 0 Å². The lowest BCUT2D eigenvalue weighted by molar-refractivity contribution is -0.0978. The molecule has 1 fully saturated rings. The molecule has 0 radical (unpaired) electrons. The molecule has 1 N–H and O–H groups in total. The van der Waals surface area contributed by atoms with Crippen molar-refractivity contribution in [3.05, 3.63) is 35.4 Å². The number of benzene rings is 1. The van der Waals surface area contributed by atoms with Crippen LogP contribution >= 0.6 is 11.6 Å². The third-order valence-electron chi connectivity index (χ3n) is 2.92. The minimum atomic E-state index is -0.0508. The Morgan fingerprint density at radius 3 is 2.88 bits per heavy atom. The first-order chi connectivity index (χ1) is 8.13. The molecule has 0 aliphatic carbocycles. The largest absolute Gasteiger partial charge is 0.380 e. The Balaban J connectivity index is 1.94. The third-order valence-corrected chi connectivity index (χ3v) is 3.23. The van der Waals surface area contributed by atoms with Gasteiger partial charge in [-0.1, -0.05) is 19.1 Å². The van der Waals surface area contributed by atoms with Gasteiger partial charge in [0, 0.05) is 23.4 Å². The number of alkyl halides is 1. The molecule has 2 rings (SSSR count). The zero-order valence-electron chi connectivity index (χ0n) is 9.83. The fourth-order valence-electron chi connectivity index (χ4n) is 1.74. The summed E-state index contributed by atoms with van der Waals surface area (Å²) in [6.07, 6.45) is 0. The van der Waals surface area contributed by atoms with Crippen molar-refractivity contribution in [2.24, 2.45) is 5.41 Å². The average molecular weight is 254 g/mol. The molecule has 4 heteroatoms. The molecule has 0 saturated carbocycles. The molecule has 1 aliphatic heterocycles. The second kappa shape index (κ2) is 5.07. The molecule has 1 heterocycles. The minimum absolute atomic E-state index is 0.0508. The summed E-state index contributed by atoms with van der Waals surface area (Å²) in [5, 5.41) is 2.93. The monoisotopic (exact) mass is 253 g/mol. The summed E-state index contributed by atoms with van der Waals surface area (Å²) in [6, 6.07) is 7.37. The average Bonchev–Trinajstić information content (AvgIpc) is 2.33. The molecule has 17 heavy (non-hydrogen) atoms. The van der Waals surface area contributed by atoms with E-state index in [9.17, 15) is 4.79 Å². The lowest BCUT2D eigenvalue weighted by Crippen LogP contribution is -2.48. The summed E-state index contributed by atoms with van der Waals surface area (Å²) in [5.41, 5.74) is 1.71. The fourth-order valence-corrected chi connectivity index (χ4v) is 1.91. The van der Waals surface area contributed by atoms with Crippen molar-refractivity contribution < 1.29 is 9.53 Å². The van der Waals surface area contributed by atoms with Gasteiger partial charge in [0.25, 0.3) is 5.91 Å². The topological polar surface area (TPSA) is 38.3 Å². The second-order valence-corrected chi connectivity index (χ2v) is 5.09. The molecule has 0 atom stereocenters. The van der Waals surface area contributed by atoms with Gasteiger partial charge in [0.15, 0.2) is 0 Å². The van der Waals surface area contributed by atoms with E-state index in [1.807, 2.05) is 18.2 Å². The maximum atomic E-state index is 11.9. The van der Waals surface area contributed by atoms with Crippen LogP contribution in [0.25, 0.3) is 0 Å². The molecular formula is C13H16ClNO2. The van der Waals surface area contributed by atoms with E-state index in [2.05, 4.69) is 12.2 Å². The highest BCUT2D eigenvalue weighted by atomic mass is 35.5. The molecule has 1 aromatic carbocycles. The van der Waals surface area contributed by atoms with Gasteiger partial charge in [-0.2, -0.15) is 0 Å². The maximum Gasteiger partial charge on any atom is 0.251 e. The Morgan fingerprint density at radius 1 is 1.53 bits per heavy atom. The lowest BCUT2D eigenvalue weighted by atomic mass is 9.88. The summed E-state index contributed by atoms with van der Waals surface area (Å²) in [4.78, 5) is 11.9. The first kappa shape index (κ1) is 12.4. The Hall–Kier alpha value is -1.06. The van der Waals surface area contributed by atoms with E-state index < -0.39 is 0 Å². The quantitative estimate of drug-likeness (QED) is 0.836. The molecule has 92 valence electrons. The van der Waals surface area contributed by atoms with E-state index >= 15 is 0 Å². The predicted octanol–water partition coefficient (Wildman–Crippen LogP) is 2.19. The summed E-state index contributed by atoms with van der Waals surface area (Å²) in [7, 11) is 0. The number of halogens is 1. The van der Waals surface area contributed by atoms with Crippen LogP contribution in [0, 0.1) is 5.41 Å². The number of hydrogen-bond acceptors (Lipinski definition) is 2. The van der Waals surface area contributed by atoms with E-state index in [0.29, 0.717) is 18.0 Å². The summed E-state index contributed by atoms with van der Waals surface area (Å²) in [6.45, 7) is 4.19. The molecule has 1 amide bonds. The van der Waals surface area contributed by atoms with Crippen LogP contribution in [-0.4, -0.2) is 25.7 Å². The van der Waals surface area contributed by atoms with E-state index in [0.717, 1.165) is 18.8 Å². The van der Waals surface area contributed by atoms with E-state index in [1.165, 1.54) is 0 Å². The zero-order chi connectivity index (χ0) is 12.3. The van der Waals surface area contributed by atoms with Gasteiger partial charge in [0.05, 0.1) is 13.2 Å². The molecule has 1 aliphatic rings. The lowest BCUT2D eigenvalue weighted by Gasteiger charge is -2.38. The summed E-state index contributed by atoms with van der Waals surface area (Å²) in [5.74, 6) is 0.372. The normalized spacial score (nSPS) is 17.3. The van der Waals surface area contributed by atoms with Crippen LogP contribution in [0.5, 0.6) is 0 Å². The number of ether oxygens (including phenoxy) is 1. The van der Waals surface area contributed by atoms with Crippen LogP contribution < -0.4 is 5.32 Å². The molecular weight excluding hydrogens is 238 g/mol. The first-order valence-corrected chi connectivity index (χ1v) is 6.17. The summed E-state index contributed by atoms with van der Waals surface area (Å²) >= 11 is 5.74. The SMILES string of the molecule is CC1(CNC(=O)c2cccc(CCl)c2)COC1. The Kier molecular flexibility index (Phi) is 3.69. The third kappa shape index (κ3) is 2.99. The Labute approximate surface area is 106 Å². The van der Waals surface area contributed by atoms with Crippen molar-refractivity contribution in [3.63, 3.8) is 0 Å². The van der Waals surface area contributed by atoms with Crippen molar-refractivity contribution in [2.45, 2.75) is 12.8 Å². The van der Waals surface area contributed by atoms with E-state index in [-0.39, 0.29) is 11.3 Å². The van der Waals surface area contributed by atoms with Gasteiger partial charge < -0.3 is 10.1 Å². The highest BCUT2D eigenvalue weighted by Crippen LogP contribution is 2.25.